The minimum Gasteiger partial charge on any atom is -0.485 e. The SMILES string of the molecule is c1ccc2c(c1)Cn1c(nnc1C1CCC1)CO2. The Hall–Kier alpha value is -1.84. The molecule has 2 heterocycles. The third-order valence-corrected chi connectivity index (χ3v) is 3.98. The van der Waals surface area contributed by atoms with Crippen molar-refractivity contribution in [2.45, 2.75) is 38.3 Å². The Bertz CT molecular complexity index is 586. The molecule has 1 saturated carbocycles. The molecule has 0 amide bonds. The van der Waals surface area contributed by atoms with Gasteiger partial charge in [0, 0.05) is 11.5 Å². The summed E-state index contributed by atoms with van der Waals surface area (Å²) in [7, 11) is 0. The van der Waals surface area contributed by atoms with Crippen molar-refractivity contribution in [3.63, 3.8) is 0 Å². The Labute approximate surface area is 106 Å². The van der Waals surface area contributed by atoms with Crippen LogP contribution in [0.5, 0.6) is 5.75 Å². The lowest BCUT2D eigenvalue weighted by atomic mass is 9.85. The molecule has 1 fully saturated rings. The van der Waals surface area contributed by atoms with Gasteiger partial charge in [0.1, 0.15) is 18.2 Å². The maximum Gasteiger partial charge on any atom is 0.171 e. The summed E-state index contributed by atoms with van der Waals surface area (Å²) in [6.07, 6.45) is 3.82. The van der Waals surface area contributed by atoms with Gasteiger partial charge >= 0.3 is 0 Å². The van der Waals surface area contributed by atoms with E-state index in [-0.39, 0.29) is 0 Å². The average molecular weight is 241 g/mol. The number of nitrogens with zero attached hydrogens (tertiary/aromatic N) is 3. The van der Waals surface area contributed by atoms with Gasteiger partial charge in [0.2, 0.25) is 0 Å². The third-order valence-electron chi connectivity index (χ3n) is 3.98. The molecule has 2 aromatic rings. The number of hydrogen-bond donors (Lipinski definition) is 0. The highest BCUT2D eigenvalue weighted by Crippen LogP contribution is 2.36. The largest absolute Gasteiger partial charge is 0.485 e. The maximum atomic E-state index is 5.80. The zero-order valence-electron chi connectivity index (χ0n) is 10.2. The average Bonchev–Trinajstić information content (AvgIpc) is 2.61. The fourth-order valence-electron chi connectivity index (χ4n) is 2.68. The second-order valence-electron chi connectivity index (χ2n) is 5.08. The van der Waals surface area contributed by atoms with E-state index in [4.69, 9.17) is 4.74 Å². The van der Waals surface area contributed by atoms with Crippen molar-refractivity contribution < 1.29 is 4.74 Å². The van der Waals surface area contributed by atoms with Crippen molar-refractivity contribution in [1.82, 2.24) is 14.8 Å². The molecule has 1 aromatic heterocycles. The van der Waals surface area contributed by atoms with E-state index in [1.807, 2.05) is 12.1 Å². The molecule has 0 N–H and O–H groups in total. The first-order valence-electron chi connectivity index (χ1n) is 6.54. The van der Waals surface area contributed by atoms with E-state index in [1.54, 1.807) is 0 Å². The highest BCUT2D eigenvalue weighted by atomic mass is 16.5. The first kappa shape index (κ1) is 10.1. The minimum absolute atomic E-state index is 0.525. The molecular weight excluding hydrogens is 226 g/mol. The molecule has 2 aliphatic rings. The molecule has 0 spiro atoms. The lowest BCUT2D eigenvalue weighted by molar-refractivity contribution is 0.296. The van der Waals surface area contributed by atoms with Gasteiger partial charge in [-0.1, -0.05) is 24.6 Å². The molecule has 0 atom stereocenters. The van der Waals surface area contributed by atoms with E-state index in [1.165, 1.54) is 24.8 Å². The van der Waals surface area contributed by atoms with Crippen molar-refractivity contribution in [2.24, 2.45) is 0 Å². The molecule has 1 aromatic carbocycles. The first-order valence-corrected chi connectivity index (χ1v) is 6.54. The number of aromatic nitrogens is 3. The molecule has 0 unspecified atom stereocenters. The Morgan fingerprint density at radius 1 is 1.17 bits per heavy atom. The van der Waals surface area contributed by atoms with Crippen LogP contribution in [-0.2, 0) is 13.2 Å². The van der Waals surface area contributed by atoms with E-state index < -0.39 is 0 Å². The zero-order chi connectivity index (χ0) is 11.9. The number of rotatable bonds is 1. The number of hydrogen-bond acceptors (Lipinski definition) is 3. The van der Waals surface area contributed by atoms with Gasteiger partial charge in [-0.05, 0) is 18.9 Å². The van der Waals surface area contributed by atoms with Crippen LogP contribution < -0.4 is 4.74 Å². The highest BCUT2D eigenvalue weighted by molar-refractivity contribution is 5.35. The van der Waals surface area contributed by atoms with E-state index in [2.05, 4.69) is 26.9 Å². The summed E-state index contributed by atoms with van der Waals surface area (Å²) >= 11 is 0. The molecule has 0 bridgehead atoms. The predicted molar refractivity (Wildman–Crippen MR) is 66.5 cm³/mol. The number of ether oxygens (including phenoxy) is 1. The molecular formula is C14H15N3O. The monoisotopic (exact) mass is 241 g/mol. The van der Waals surface area contributed by atoms with Crippen LogP contribution in [-0.4, -0.2) is 14.8 Å². The summed E-state index contributed by atoms with van der Waals surface area (Å²) in [4.78, 5) is 0. The van der Waals surface area contributed by atoms with Crippen molar-refractivity contribution in [3.05, 3.63) is 41.5 Å². The standard InChI is InChI=1S/C14H15N3O/c1-2-7-12-11(4-1)8-17-13(9-18-12)15-16-14(17)10-5-3-6-10/h1-2,4,7,10H,3,5-6,8-9H2. The van der Waals surface area contributed by atoms with Gasteiger partial charge in [0.05, 0.1) is 6.54 Å². The Balaban J connectivity index is 1.77. The lowest BCUT2D eigenvalue weighted by Gasteiger charge is -2.24. The summed E-state index contributed by atoms with van der Waals surface area (Å²) in [5.74, 6) is 3.68. The van der Waals surface area contributed by atoms with E-state index in [9.17, 15) is 0 Å². The smallest absolute Gasteiger partial charge is 0.171 e. The Kier molecular flexibility index (Phi) is 2.15. The molecule has 4 heteroatoms. The van der Waals surface area contributed by atoms with Crippen LogP contribution in [0.15, 0.2) is 24.3 Å². The molecule has 18 heavy (non-hydrogen) atoms. The molecule has 4 rings (SSSR count). The van der Waals surface area contributed by atoms with Crippen LogP contribution in [0.3, 0.4) is 0 Å². The quantitative estimate of drug-likeness (QED) is 0.770. The fraction of sp³-hybridized carbons (Fsp3) is 0.429. The van der Waals surface area contributed by atoms with Gasteiger partial charge in [-0.15, -0.1) is 10.2 Å². The van der Waals surface area contributed by atoms with Crippen molar-refractivity contribution in [3.8, 4) is 5.75 Å². The van der Waals surface area contributed by atoms with E-state index in [0.717, 1.165) is 23.9 Å². The minimum atomic E-state index is 0.525. The maximum absolute atomic E-state index is 5.80. The van der Waals surface area contributed by atoms with Gasteiger partial charge in [-0.3, -0.25) is 0 Å². The van der Waals surface area contributed by atoms with Crippen LogP contribution in [0.1, 0.15) is 42.4 Å². The van der Waals surface area contributed by atoms with Gasteiger partial charge < -0.3 is 9.30 Å². The summed E-state index contributed by atoms with van der Waals surface area (Å²) < 4.78 is 8.04. The second-order valence-corrected chi connectivity index (χ2v) is 5.08. The fourth-order valence-corrected chi connectivity index (χ4v) is 2.68. The lowest BCUT2D eigenvalue weighted by Crippen LogP contribution is -2.16. The Morgan fingerprint density at radius 3 is 2.89 bits per heavy atom. The van der Waals surface area contributed by atoms with Crippen molar-refractivity contribution >= 4 is 0 Å². The number of benzene rings is 1. The molecule has 4 nitrogen and oxygen atoms in total. The summed E-state index contributed by atoms with van der Waals surface area (Å²) in [5, 5.41) is 8.66. The van der Waals surface area contributed by atoms with Crippen LogP contribution in [0.25, 0.3) is 0 Å². The molecule has 1 aliphatic heterocycles. The van der Waals surface area contributed by atoms with E-state index in [0.29, 0.717) is 12.5 Å². The highest BCUT2D eigenvalue weighted by Gasteiger charge is 2.28. The van der Waals surface area contributed by atoms with Gasteiger partial charge in [0.15, 0.2) is 5.82 Å². The second kappa shape index (κ2) is 3.83. The van der Waals surface area contributed by atoms with E-state index >= 15 is 0 Å². The van der Waals surface area contributed by atoms with Crippen LogP contribution >= 0.6 is 0 Å². The Morgan fingerprint density at radius 2 is 2.06 bits per heavy atom. The molecule has 0 saturated heterocycles. The van der Waals surface area contributed by atoms with Crippen LogP contribution in [0.4, 0.5) is 0 Å². The predicted octanol–water partition coefficient (Wildman–Crippen LogP) is 2.49. The molecule has 1 aliphatic carbocycles. The van der Waals surface area contributed by atoms with Gasteiger partial charge in [-0.2, -0.15) is 0 Å². The van der Waals surface area contributed by atoms with Crippen LogP contribution in [0, 0.1) is 0 Å². The van der Waals surface area contributed by atoms with Crippen molar-refractivity contribution in [1.29, 1.82) is 0 Å². The van der Waals surface area contributed by atoms with Crippen LogP contribution in [0.2, 0.25) is 0 Å². The number of para-hydroxylation sites is 1. The third kappa shape index (κ3) is 1.45. The number of fused-ring (bicyclic) bond motifs is 2. The van der Waals surface area contributed by atoms with Gasteiger partial charge in [-0.25, -0.2) is 0 Å². The first-order chi connectivity index (χ1) is 8.92. The van der Waals surface area contributed by atoms with Gasteiger partial charge in [0.25, 0.3) is 0 Å². The normalized spacial score (nSPS) is 18.2. The molecule has 92 valence electrons. The summed E-state index contributed by atoms with van der Waals surface area (Å²) in [6, 6.07) is 8.21. The topological polar surface area (TPSA) is 39.9 Å². The zero-order valence-corrected chi connectivity index (χ0v) is 10.2. The molecule has 0 radical (unpaired) electrons. The van der Waals surface area contributed by atoms with Crippen molar-refractivity contribution in [2.75, 3.05) is 0 Å². The summed E-state index contributed by atoms with van der Waals surface area (Å²) in [6.45, 7) is 1.36. The summed E-state index contributed by atoms with van der Waals surface area (Å²) in [5.41, 5.74) is 1.22.